The number of carbonyl (C=O) groups excluding carboxylic acids is 2. The minimum absolute atomic E-state index is 0.0199. The van der Waals surface area contributed by atoms with Gasteiger partial charge >= 0.3 is 6.03 Å². The Kier molecular flexibility index (Phi) is 6.02. The fourth-order valence-corrected chi connectivity index (χ4v) is 3.00. The van der Waals surface area contributed by atoms with Crippen LogP contribution < -0.4 is 10.6 Å². The first-order chi connectivity index (χ1) is 11.0. The monoisotopic (exact) mass is 317 g/mol. The maximum Gasteiger partial charge on any atom is 0.317 e. The smallest absolute Gasteiger partial charge is 0.317 e. The van der Waals surface area contributed by atoms with Crippen LogP contribution in [0.2, 0.25) is 0 Å². The Balaban J connectivity index is 1.84. The molecule has 0 aliphatic carbocycles. The van der Waals surface area contributed by atoms with Crippen LogP contribution in [0.5, 0.6) is 0 Å². The van der Waals surface area contributed by atoms with Gasteiger partial charge in [-0.1, -0.05) is 19.1 Å². The SMILES string of the molecule is CNC(=O)c1cccc(CCNC(=O)N2CC(C)CCC2C)c1. The van der Waals surface area contributed by atoms with Crippen LogP contribution in [-0.4, -0.2) is 43.0 Å². The van der Waals surface area contributed by atoms with Crippen LogP contribution in [0.15, 0.2) is 24.3 Å². The second-order valence-electron chi connectivity index (χ2n) is 6.45. The zero-order valence-electron chi connectivity index (χ0n) is 14.3. The number of nitrogens with one attached hydrogen (secondary N) is 2. The van der Waals surface area contributed by atoms with E-state index in [-0.39, 0.29) is 11.9 Å². The van der Waals surface area contributed by atoms with E-state index in [1.807, 2.05) is 23.1 Å². The van der Waals surface area contributed by atoms with Gasteiger partial charge in [0, 0.05) is 31.7 Å². The quantitative estimate of drug-likeness (QED) is 0.896. The van der Waals surface area contributed by atoms with Crippen molar-refractivity contribution in [3.63, 3.8) is 0 Å². The molecule has 2 rings (SSSR count). The van der Waals surface area contributed by atoms with Crippen molar-refractivity contribution < 1.29 is 9.59 Å². The summed E-state index contributed by atoms with van der Waals surface area (Å²) in [6.07, 6.45) is 2.98. The lowest BCUT2D eigenvalue weighted by atomic mass is 9.95. The summed E-state index contributed by atoms with van der Waals surface area (Å²) < 4.78 is 0. The summed E-state index contributed by atoms with van der Waals surface area (Å²) in [6, 6.07) is 7.84. The van der Waals surface area contributed by atoms with Gasteiger partial charge in [-0.3, -0.25) is 4.79 Å². The van der Waals surface area contributed by atoms with Crippen molar-refractivity contribution in [2.45, 2.75) is 39.2 Å². The van der Waals surface area contributed by atoms with Crippen molar-refractivity contribution in [2.75, 3.05) is 20.1 Å². The highest BCUT2D eigenvalue weighted by Gasteiger charge is 2.26. The second kappa shape index (κ2) is 7.99. The highest BCUT2D eigenvalue weighted by atomic mass is 16.2. The molecule has 0 bridgehead atoms. The summed E-state index contributed by atoms with van der Waals surface area (Å²) in [5, 5.41) is 5.62. The summed E-state index contributed by atoms with van der Waals surface area (Å²) in [5.41, 5.74) is 1.70. The zero-order chi connectivity index (χ0) is 16.8. The van der Waals surface area contributed by atoms with Crippen molar-refractivity contribution in [1.82, 2.24) is 15.5 Å². The number of likely N-dealkylation sites (tertiary alicyclic amines) is 1. The van der Waals surface area contributed by atoms with Crippen LogP contribution in [0.4, 0.5) is 4.79 Å². The van der Waals surface area contributed by atoms with Gasteiger partial charge in [0.1, 0.15) is 0 Å². The standard InChI is InChI=1S/C18H27N3O2/c1-13-7-8-14(2)21(12-13)18(23)20-10-9-15-5-4-6-16(11-15)17(22)19-3/h4-6,11,13-14H,7-10,12H2,1-3H3,(H,19,22)(H,20,23). The highest BCUT2D eigenvalue weighted by molar-refractivity contribution is 5.94. The first-order valence-corrected chi connectivity index (χ1v) is 8.36. The molecule has 1 heterocycles. The molecule has 3 amide bonds. The molecule has 5 nitrogen and oxygen atoms in total. The Bertz CT molecular complexity index is 559. The number of urea groups is 1. The predicted molar refractivity (Wildman–Crippen MR) is 91.5 cm³/mol. The van der Waals surface area contributed by atoms with Crippen molar-refractivity contribution in [2.24, 2.45) is 5.92 Å². The molecule has 2 N–H and O–H groups in total. The summed E-state index contributed by atoms with van der Waals surface area (Å²) in [6.45, 7) is 5.71. The molecule has 0 spiro atoms. The van der Waals surface area contributed by atoms with Gasteiger partial charge in [-0.25, -0.2) is 4.79 Å². The molecule has 0 aromatic heterocycles. The van der Waals surface area contributed by atoms with E-state index in [0.29, 0.717) is 30.5 Å². The molecule has 1 aliphatic rings. The van der Waals surface area contributed by atoms with Crippen LogP contribution in [-0.2, 0) is 6.42 Å². The van der Waals surface area contributed by atoms with Crippen LogP contribution in [0.1, 0.15) is 42.6 Å². The molecule has 2 atom stereocenters. The van der Waals surface area contributed by atoms with Gasteiger partial charge in [-0.05, 0) is 49.8 Å². The molecule has 0 saturated carbocycles. The Morgan fingerprint density at radius 1 is 1.26 bits per heavy atom. The van der Waals surface area contributed by atoms with Gasteiger partial charge < -0.3 is 15.5 Å². The largest absolute Gasteiger partial charge is 0.355 e. The third-order valence-electron chi connectivity index (χ3n) is 4.48. The lowest BCUT2D eigenvalue weighted by molar-refractivity contribution is 0.0963. The number of amides is 3. The molecule has 1 aliphatic heterocycles. The average molecular weight is 317 g/mol. The molecule has 1 fully saturated rings. The van der Waals surface area contributed by atoms with E-state index < -0.39 is 0 Å². The molecule has 1 saturated heterocycles. The fourth-order valence-electron chi connectivity index (χ4n) is 3.00. The molecule has 23 heavy (non-hydrogen) atoms. The molecule has 1 aromatic rings. The van der Waals surface area contributed by atoms with Gasteiger partial charge in [0.15, 0.2) is 0 Å². The van der Waals surface area contributed by atoms with Crippen LogP contribution in [0, 0.1) is 5.92 Å². The maximum atomic E-state index is 12.3. The van der Waals surface area contributed by atoms with E-state index in [1.165, 1.54) is 6.42 Å². The van der Waals surface area contributed by atoms with Crippen molar-refractivity contribution in [1.29, 1.82) is 0 Å². The van der Waals surface area contributed by atoms with Gasteiger partial charge in [-0.15, -0.1) is 0 Å². The number of rotatable bonds is 4. The molecule has 1 aromatic carbocycles. The van der Waals surface area contributed by atoms with Gasteiger partial charge in [0.2, 0.25) is 0 Å². The normalized spacial score (nSPS) is 20.9. The number of hydrogen-bond acceptors (Lipinski definition) is 2. The van der Waals surface area contributed by atoms with E-state index in [4.69, 9.17) is 0 Å². The lowest BCUT2D eigenvalue weighted by Gasteiger charge is -2.36. The van der Waals surface area contributed by atoms with E-state index in [9.17, 15) is 9.59 Å². The second-order valence-corrected chi connectivity index (χ2v) is 6.45. The number of piperidine rings is 1. The Hall–Kier alpha value is -2.04. The summed E-state index contributed by atoms with van der Waals surface area (Å²) in [7, 11) is 1.62. The topological polar surface area (TPSA) is 61.4 Å². The first-order valence-electron chi connectivity index (χ1n) is 8.36. The molecule has 2 unspecified atom stereocenters. The van der Waals surface area contributed by atoms with E-state index in [0.717, 1.165) is 18.5 Å². The number of nitrogens with zero attached hydrogens (tertiary/aromatic N) is 1. The van der Waals surface area contributed by atoms with Crippen LogP contribution in [0.3, 0.4) is 0 Å². The first kappa shape index (κ1) is 17.3. The molecule has 5 heteroatoms. The van der Waals surface area contributed by atoms with Crippen molar-refractivity contribution >= 4 is 11.9 Å². The Morgan fingerprint density at radius 3 is 2.78 bits per heavy atom. The Labute approximate surface area is 138 Å². The molecule has 0 radical (unpaired) electrons. The number of hydrogen-bond donors (Lipinski definition) is 2. The van der Waals surface area contributed by atoms with Gasteiger partial charge in [0.25, 0.3) is 5.91 Å². The van der Waals surface area contributed by atoms with Crippen molar-refractivity contribution in [3.05, 3.63) is 35.4 Å². The minimum atomic E-state index is -0.0907. The van der Waals surface area contributed by atoms with Crippen LogP contribution in [0.25, 0.3) is 0 Å². The summed E-state index contributed by atoms with van der Waals surface area (Å²) in [4.78, 5) is 25.9. The molecular formula is C18H27N3O2. The average Bonchev–Trinajstić information content (AvgIpc) is 2.56. The summed E-state index contributed by atoms with van der Waals surface area (Å²) in [5.74, 6) is 0.480. The maximum absolute atomic E-state index is 12.3. The van der Waals surface area contributed by atoms with Gasteiger partial charge in [-0.2, -0.15) is 0 Å². The number of benzene rings is 1. The van der Waals surface area contributed by atoms with Gasteiger partial charge in [0.05, 0.1) is 0 Å². The third-order valence-corrected chi connectivity index (χ3v) is 4.48. The molecule has 126 valence electrons. The van der Waals surface area contributed by atoms with E-state index >= 15 is 0 Å². The molecular weight excluding hydrogens is 290 g/mol. The predicted octanol–water partition coefficient (Wildman–Crippen LogP) is 2.42. The fraction of sp³-hybridized carbons (Fsp3) is 0.556. The third kappa shape index (κ3) is 4.71. The minimum Gasteiger partial charge on any atom is -0.355 e. The van der Waals surface area contributed by atoms with E-state index in [2.05, 4.69) is 24.5 Å². The zero-order valence-corrected chi connectivity index (χ0v) is 14.3. The lowest BCUT2D eigenvalue weighted by Crippen LogP contribution is -2.49. The highest BCUT2D eigenvalue weighted by Crippen LogP contribution is 2.21. The number of carbonyl (C=O) groups is 2. The summed E-state index contributed by atoms with van der Waals surface area (Å²) >= 11 is 0. The van der Waals surface area contributed by atoms with Crippen LogP contribution >= 0.6 is 0 Å². The van der Waals surface area contributed by atoms with Crippen molar-refractivity contribution in [3.8, 4) is 0 Å². The van der Waals surface area contributed by atoms with E-state index in [1.54, 1.807) is 13.1 Å². The Morgan fingerprint density at radius 2 is 2.04 bits per heavy atom.